The molecular weight excluding hydrogens is 314 g/mol. The molecule has 2 aromatic rings. The quantitative estimate of drug-likeness (QED) is 0.906. The van der Waals surface area contributed by atoms with E-state index in [0.717, 1.165) is 17.0 Å². The fraction of sp³-hybridized carbons (Fsp3) is 0.412. The Kier molecular flexibility index (Phi) is 4.41. The van der Waals surface area contributed by atoms with Crippen LogP contribution in [0.15, 0.2) is 24.3 Å². The fourth-order valence-corrected chi connectivity index (χ4v) is 3.40. The number of aliphatic hydroxyl groups excluding tert-OH is 1. The summed E-state index contributed by atoms with van der Waals surface area (Å²) >= 11 is 6.04. The Balaban J connectivity index is 1.71. The molecule has 0 radical (unpaired) electrons. The molecule has 2 N–H and O–H groups in total. The van der Waals surface area contributed by atoms with Crippen LogP contribution in [0.2, 0.25) is 5.02 Å². The van der Waals surface area contributed by atoms with Crippen LogP contribution in [0.25, 0.3) is 0 Å². The lowest BCUT2D eigenvalue weighted by atomic mass is 10.00. The third kappa shape index (κ3) is 3.57. The van der Waals surface area contributed by atoms with Crippen LogP contribution in [0, 0.1) is 19.8 Å². The summed E-state index contributed by atoms with van der Waals surface area (Å²) in [6.45, 7) is 4.72. The fourth-order valence-electron chi connectivity index (χ4n) is 3.11. The van der Waals surface area contributed by atoms with E-state index in [1.165, 1.54) is 0 Å². The second-order valence-corrected chi connectivity index (χ2v) is 6.74. The second-order valence-electron chi connectivity index (χ2n) is 6.30. The molecule has 1 saturated heterocycles. The van der Waals surface area contributed by atoms with Crippen LogP contribution in [0.5, 0.6) is 0 Å². The lowest BCUT2D eigenvalue weighted by molar-refractivity contribution is 0.0764. The molecular formula is C17H20ClN3O2. The van der Waals surface area contributed by atoms with Crippen molar-refractivity contribution in [1.82, 2.24) is 15.1 Å². The van der Waals surface area contributed by atoms with Crippen molar-refractivity contribution in [2.75, 3.05) is 13.1 Å². The van der Waals surface area contributed by atoms with Gasteiger partial charge >= 0.3 is 0 Å². The standard InChI is InChI=1S/C17H20ClN3O2/c1-10-3-12(6-14(18)4-10)17(23)21-8-13(16(22)9-21)7-15-5-11(2)19-20-15/h3-6,13,16,22H,7-9H2,1-2H3,(H,19,20)/t13-,16-/m1/s1. The second kappa shape index (κ2) is 6.34. The van der Waals surface area contributed by atoms with Gasteiger partial charge in [-0.25, -0.2) is 0 Å². The number of aliphatic hydroxyl groups is 1. The van der Waals surface area contributed by atoms with Crippen LogP contribution in [0.3, 0.4) is 0 Å². The number of β-amino-alcohol motifs (C(OH)–C–C–N with tert-alkyl or cyclic N) is 1. The first-order chi connectivity index (χ1) is 10.9. The van der Waals surface area contributed by atoms with Crippen molar-refractivity contribution in [3.05, 3.63) is 51.8 Å². The van der Waals surface area contributed by atoms with Crippen LogP contribution in [-0.4, -0.2) is 45.3 Å². The number of rotatable bonds is 3. The Morgan fingerprint density at radius 3 is 2.78 bits per heavy atom. The van der Waals surface area contributed by atoms with Gasteiger partial charge in [0.1, 0.15) is 0 Å². The molecule has 23 heavy (non-hydrogen) atoms. The van der Waals surface area contributed by atoms with E-state index in [2.05, 4.69) is 10.2 Å². The Morgan fingerprint density at radius 1 is 1.35 bits per heavy atom. The molecule has 5 nitrogen and oxygen atoms in total. The highest BCUT2D eigenvalue weighted by Gasteiger charge is 2.34. The van der Waals surface area contributed by atoms with Crippen LogP contribution < -0.4 is 0 Å². The minimum atomic E-state index is -0.531. The average Bonchev–Trinajstić information content (AvgIpc) is 3.04. The van der Waals surface area contributed by atoms with Gasteiger partial charge in [-0.2, -0.15) is 5.10 Å². The molecule has 2 atom stereocenters. The smallest absolute Gasteiger partial charge is 0.254 e. The largest absolute Gasteiger partial charge is 0.391 e. The number of halogens is 1. The van der Waals surface area contributed by atoms with E-state index in [1.54, 1.807) is 11.0 Å². The first kappa shape index (κ1) is 16.0. The topological polar surface area (TPSA) is 69.2 Å². The summed E-state index contributed by atoms with van der Waals surface area (Å²) < 4.78 is 0. The van der Waals surface area contributed by atoms with E-state index < -0.39 is 6.10 Å². The molecule has 0 unspecified atom stereocenters. The zero-order valence-corrected chi connectivity index (χ0v) is 14.0. The van der Waals surface area contributed by atoms with Crippen LogP contribution in [0.4, 0.5) is 0 Å². The van der Waals surface area contributed by atoms with Gasteiger partial charge in [0.25, 0.3) is 5.91 Å². The van der Waals surface area contributed by atoms with E-state index in [0.29, 0.717) is 30.1 Å². The van der Waals surface area contributed by atoms with Crippen molar-refractivity contribution in [2.24, 2.45) is 5.92 Å². The first-order valence-electron chi connectivity index (χ1n) is 7.68. The van der Waals surface area contributed by atoms with Crippen LogP contribution in [-0.2, 0) is 6.42 Å². The predicted molar refractivity (Wildman–Crippen MR) is 88.6 cm³/mol. The lowest BCUT2D eigenvalue weighted by Crippen LogP contribution is -2.29. The van der Waals surface area contributed by atoms with Crippen molar-refractivity contribution >= 4 is 17.5 Å². The number of hydrogen-bond acceptors (Lipinski definition) is 3. The molecule has 0 saturated carbocycles. The van der Waals surface area contributed by atoms with E-state index in [9.17, 15) is 9.90 Å². The van der Waals surface area contributed by atoms with Gasteiger partial charge in [0.2, 0.25) is 0 Å². The summed E-state index contributed by atoms with van der Waals surface area (Å²) in [4.78, 5) is 14.3. The van der Waals surface area contributed by atoms with Gasteiger partial charge in [0.05, 0.1) is 11.8 Å². The molecule has 6 heteroatoms. The Labute approximate surface area is 140 Å². The van der Waals surface area contributed by atoms with Gasteiger partial charge < -0.3 is 10.0 Å². The Morgan fingerprint density at radius 2 is 2.13 bits per heavy atom. The maximum absolute atomic E-state index is 12.6. The SMILES string of the molecule is Cc1cc(Cl)cc(C(=O)N2C[C@@H](Cc3cc(C)[nH]n3)[C@H](O)C2)c1. The summed E-state index contributed by atoms with van der Waals surface area (Å²) in [5, 5.41) is 17.9. The number of carbonyl (C=O) groups excluding carboxylic acids is 1. The number of aromatic nitrogens is 2. The highest BCUT2D eigenvalue weighted by Crippen LogP contribution is 2.24. The number of nitrogens with zero attached hydrogens (tertiary/aromatic N) is 2. The number of amides is 1. The summed E-state index contributed by atoms with van der Waals surface area (Å²) in [7, 11) is 0. The molecule has 0 spiro atoms. The molecule has 1 fully saturated rings. The van der Waals surface area contributed by atoms with Crippen LogP contribution in [0.1, 0.15) is 27.3 Å². The van der Waals surface area contributed by atoms with Crippen molar-refractivity contribution in [3.8, 4) is 0 Å². The Bertz CT molecular complexity index is 708. The maximum atomic E-state index is 12.6. The normalized spacial score (nSPS) is 21.0. The van der Waals surface area contributed by atoms with Gasteiger partial charge in [-0.3, -0.25) is 9.89 Å². The zero-order chi connectivity index (χ0) is 16.6. The molecule has 0 bridgehead atoms. The minimum absolute atomic E-state index is 0.00179. The number of carbonyl (C=O) groups is 1. The molecule has 1 aliphatic rings. The minimum Gasteiger partial charge on any atom is -0.391 e. The molecule has 1 aromatic heterocycles. The third-order valence-corrected chi connectivity index (χ3v) is 4.43. The number of H-pyrrole nitrogens is 1. The van der Waals surface area contributed by atoms with E-state index in [4.69, 9.17) is 11.6 Å². The molecule has 0 aliphatic carbocycles. The summed E-state index contributed by atoms with van der Waals surface area (Å²) in [6.07, 6.45) is 0.125. The molecule has 1 aliphatic heterocycles. The number of aromatic amines is 1. The maximum Gasteiger partial charge on any atom is 0.254 e. The van der Waals surface area contributed by atoms with Gasteiger partial charge in [-0.1, -0.05) is 11.6 Å². The predicted octanol–water partition coefficient (Wildman–Crippen LogP) is 2.36. The van der Waals surface area contributed by atoms with Crippen molar-refractivity contribution in [1.29, 1.82) is 0 Å². The monoisotopic (exact) mass is 333 g/mol. The molecule has 3 rings (SSSR count). The van der Waals surface area contributed by atoms with Crippen LogP contribution >= 0.6 is 11.6 Å². The number of nitrogens with one attached hydrogen (secondary N) is 1. The lowest BCUT2D eigenvalue weighted by Gasteiger charge is -2.16. The van der Waals surface area contributed by atoms with E-state index in [1.807, 2.05) is 32.0 Å². The highest BCUT2D eigenvalue weighted by molar-refractivity contribution is 6.31. The van der Waals surface area contributed by atoms with Crippen molar-refractivity contribution in [2.45, 2.75) is 26.4 Å². The van der Waals surface area contributed by atoms with Gasteiger partial charge in [-0.15, -0.1) is 0 Å². The van der Waals surface area contributed by atoms with E-state index >= 15 is 0 Å². The molecule has 1 aromatic carbocycles. The van der Waals surface area contributed by atoms with Gasteiger partial charge in [0, 0.05) is 35.3 Å². The molecule has 2 heterocycles. The summed E-state index contributed by atoms with van der Waals surface area (Å²) in [6, 6.07) is 7.29. The number of aryl methyl sites for hydroxylation is 2. The van der Waals surface area contributed by atoms with Gasteiger partial charge in [-0.05, 0) is 50.1 Å². The van der Waals surface area contributed by atoms with Crippen molar-refractivity contribution < 1.29 is 9.90 Å². The average molecular weight is 334 g/mol. The number of benzene rings is 1. The number of hydrogen-bond donors (Lipinski definition) is 2. The first-order valence-corrected chi connectivity index (χ1v) is 8.05. The highest BCUT2D eigenvalue weighted by atomic mass is 35.5. The summed E-state index contributed by atoms with van der Waals surface area (Å²) in [5.74, 6) is -0.0858. The van der Waals surface area contributed by atoms with Crippen molar-refractivity contribution in [3.63, 3.8) is 0 Å². The number of likely N-dealkylation sites (tertiary alicyclic amines) is 1. The summed E-state index contributed by atoms with van der Waals surface area (Å²) in [5.41, 5.74) is 3.43. The molecule has 1 amide bonds. The Hall–Kier alpha value is -1.85. The van der Waals surface area contributed by atoms with Gasteiger partial charge in [0.15, 0.2) is 0 Å². The zero-order valence-electron chi connectivity index (χ0n) is 13.2. The van der Waals surface area contributed by atoms with E-state index in [-0.39, 0.29) is 11.8 Å². The third-order valence-electron chi connectivity index (χ3n) is 4.21. The molecule has 122 valence electrons.